The standard InChI is InChI=1S/C44H61N5O14/c1-19(2)14-26(49-43(59)35(46)20(3)4)42(58)47-24(11-7-8-13-45)41(57)48-25-15-30(62-21(5)36(25)52)63-28-17-44(60,29(51)18-50)16-23-32(28)40(56)34-33(38(23)54)37(53)22-10-9-12-27(61-6)31(22)39(34)55/h9-10,12,19-21,24-26,28,30,35-36,50,52,54,56,60H,7-8,11,13-18,45-46H2,1-6H3,(H,47,58)(H,48,57)(H,49,59)/t21?,24-,25?,26-,28-,30?,35+,36?,44-/m0/s1. The van der Waals surface area contributed by atoms with Crippen molar-refractivity contribution in [2.45, 2.75) is 134 Å². The monoisotopic (exact) mass is 883 g/mol. The molecule has 0 saturated carbocycles. The number of ketones is 3. The van der Waals surface area contributed by atoms with Crippen LogP contribution in [0.3, 0.4) is 0 Å². The van der Waals surface area contributed by atoms with Gasteiger partial charge in [0.05, 0.1) is 48.1 Å². The number of unbranched alkanes of at least 4 members (excludes halogenated alkanes) is 1. The molecule has 0 spiro atoms. The van der Waals surface area contributed by atoms with Crippen LogP contribution in [0, 0.1) is 11.8 Å². The van der Waals surface area contributed by atoms with E-state index in [1.54, 1.807) is 13.8 Å². The minimum absolute atomic E-state index is 0.0231. The predicted octanol–water partition coefficient (Wildman–Crippen LogP) is 0.287. The van der Waals surface area contributed by atoms with Crippen molar-refractivity contribution >= 4 is 35.1 Å². The Morgan fingerprint density at radius 3 is 2.24 bits per heavy atom. The molecule has 5 rings (SSSR count). The first-order valence-electron chi connectivity index (χ1n) is 21.3. The Kier molecular flexibility index (Phi) is 15.7. The highest BCUT2D eigenvalue weighted by Gasteiger charge is 2.50. The van der Waals surface area contributed by atoms with Gasteiger partial charge in [-0.2, -0.15) is 0 Å². The molecule has 1 aliphatic heterocycles. The molecule has 2 aliphatic carbocycles. The van der Waals surface area contributed by atoms with Crippen molar-refractivity contribution in [1.29, 1.82) is 0 Å². The fraction of sp³-hybridized carbons (Fsp3) is 0.591. The number of phenolic OH excluding ortho intramolecular Hbond substituents is 2. The second kappa shape index (κ2) is 20.2. The van der Waals surface area contributed by atoms with Crippen LogP contribution < -0.4 is 32.2 Å². The van der Waals surface area contributed by atoms with E-state index >= 15 is 0 Å². The average Bonchev–Trinajstić information content (AvgIpc) is 3.23. The van der Waals surface area contributed by atoms with Crippen molar-refractivity contribution in [1.82, 2.24) is 16.0 Å². The van der Waals surface area contributed by atoms with E-state index in [2.05, 4.69) is 16.0 Å². The van der Waals surface area contributed by atoms with Crippen LogP contribution >= 0.6 is 0 Å². The SMILES string of the molecule is COc1cccc2c1C(=O)c1c(O)c3c(c(O)c1C2=O)C[C@@](O)(C(=O)CO)C[C@@H]3OC1CC(NC(=O)[C@H](CCCCN)NC(=O)[C@H](CC(C)C)NC(=O)[C@H](N)C(C)C)C(O)C(C)O1. The first-order valence-corrected chi connectivity index (χ1v) is 21.3. The highest BCUT2D eigenvalue weighted by molar-refractivity contribution is 6.31. The molecule has 1 heterocycles. The molecule has 3 aliphatic rings. The molecule has 0 radical (unpaired) electrons. The fourth-order valence-corrected chi connectivity index (χ4v) is 8.45. The van der Waals surface area contributed by atoms with Gasteiger partial charge in [0.2, 0.25) is 23.5 Å². The number of rotatable bonds is 18. The Morgan fingerprint density at radius 2 is 1.62 bits per heavy atom. The van der Waals surface area contributed by atoms with Crippen molar-refractivity contribution in [3.8, 4) is 17.2 Å². The van der Waals surface area contributed by atoms with Crippen LogP contribution in [0.4, 0.5) is 0 Å². The minimum Gasteiger partial charge on any atom is -0.507 e. The van der Waals surface area contributed by atoms with Crippen molar-refractivity contribution in [2.75, 3.05) is 20.3 Å². The number of amides is 3. The summed E-state index contributed by atoms with van der Waals surface area (Å²) in [6.07, 6.45) is -5.44. The quantitative estimate of drug-likeness (QED) is 0.0606. The summed E-state index contributed by atoms with van der Waals surface area (Å²) in [6, 6.07) is 0.154. The summed E-state index contributed by atoms with van der Waals surface area (Å²) in [5, 5.41) is 64.6. The van der Waals surface area contributed by atoms with Crippen LogP contribution in [0.1, 0.15) is 122 Å². The number of Topliss-reactive ketones (excluding diaryl/α,β-unsaturated/α-hetero) is 1. The number of aliphatic hydroxyl groups excluding tert-OH is 2. The molecular formula is C44H61N5O14. The first-order chi connectivity index (χ1) is 29.7. The van der Waals surface area contributed by atoms with Gasteiger partial charge < -0.3 is 67.2 Å². The second-order valence-electron chi connectivity index (χ2n) is 17.4. The van der Waals surface area contributed by atoms with E-state index in [0.29, 0.717) is 19.4 Å². The summed E-state index contributed by atoms with van der Waals surface area (Å²) in [5.74, 6) is -6.30. The normalized spacial score (nSPS) is 24.4. The molecular weight excluding hydrogens is 823 g/mol. The van der Waals surface area contributed by atoms with Gasteiger partial charge in [-0.1, -0.05) is 39.8 Å². The number of aliphatic hydroxyl groups is 3. The molecule has 4 unspecified atom stereocenters. The lowest BCUT2D eigenvalue weighted by atomic mass is 9.72. The Hall–Kier alpha value is -5.02. The molecule has 1 saturated heterocycles. The summed E-state index contributed by atoms with van der Waals surface area (Å²) in [4.78, 5) is 81.6. The van der Waals surface area contributed by atoms with Crippen LogP contribution in [-0.4, -0.2) is 129 Å². The average molecular weight is 884 g/mol. The Bertz CT molecular complexity index is 2090. The molecule has 2 aromatic rings. The number of fused-ring (bicyclic) bond motifs is 3. The molecule has 346 valence electrons. The number of phenols is 2. The number of carbonyl (C=O) groups is 6. The van der Waals surface area contributed by atoms with E-state index in [4.69, 9.17) is 25.7 Å². The zero-order valence-electron chi connectivity index (χ0n) is 36.4. The third-order valence-corrected chi connectivity index (χ3v) is 12.0. The Balaban J connectivity index is 1.45. The van der Waals surface area contributed by atoms with Gasteiger partial charge in [0.1, 0.15) is 47.6 Å². The molecule has 0 bridgehead atoms. The third kappa shape index (κ3) is 10.2. The maximum atomic E-state index is 14.1. The topological polar surface area (TPSA) is 319 Å². The molecule has 12 N–H and O–H groups in total. The lowest BCUT2D eigenvalue weighted by Gasteiger charge is -2.43. The summed E-state index contributed by atoms with van der Waals surface area (Å²) in [6.45, 7) is 8.00. The number of hydrogen-bond acceptors (Lipinski definition) is 16. The fourth-order valence-electron chi connectivity index (χ4n) is 8.45. The smallest absolute Gasteiger partial charge is 0.243 e. The molecule has 3 amide bonds. The summed E-state index contributed by atoms with van der Waals surface area (Å²) in [7, 11) is 1.29. The van der Waals surface area contributed by atoms with Gasteiger partial charge in [0, 0.05) is 36.0 Å². The third-order valence-electron chi connectivity index (χ3n) is 12.0. The number of hydrogen-bond donors (Lipinski definition) is 10. The van der Waals surface area contributed by atoms with E-state index in [0.717, 1.165) is 0 Å². The van der Waals surface area contributed by atoms with E-state index in [-0.39, 0.29) is 59.1 Å². The molecule has 1 fully saturated rings. The molecule has 9 atom stereocenters. The summed E-state index contributed by atoms with van der Waals surface area (Å²) in [5.41, 5.74) is 7.46. The van der Waals surface area contributed by atoms with Gasteiger partial charge in [-0.15, -0.1) is 0 Å². The summed E-state index contributed by atoms with van der Waals surface area (Å²) < 4.78 is 17.6. The predicted molar refractivity (Wildman–Crippen MR) is 225 cm³/mol. The van der Waals surface area contributed by atoms with Gasteiger partial charge in [-0.25, -0.2) is 0 Å². The number of methoxy groups -OCH3 is 1. The molecule has 2 aromatic carbocycles. The number of nitrogens with two attached hydrogens (primary N) is 2. The van der Waals surface area contributed by atoms with Crippen molar-refractivity contribution in [3.05, 3.63) is 51.6 Å². The second-order valence-corrected chi connectivity index (χ2v) is 17.4. The molecule has 19 heteroatoms. The van der Waals surface area contributed by atoms with E-state index in [1.807, 2.05) is 13.8 Å². The zero-order chi connectivity index (χ0) is 46.7. The van der Waals surface area contributed by atoms with Crippen LogP contribution in [0.25, 0.3) is 0 Å². The number of ether oxygens (including phenoxy) is 3. The van der Waals surface area contributed by atoms with Gasteiger partial charge in [-0.05, 0) is 57.1 Å². The Morgan fingerprint density at radius 1 is 0.952 bits per heavy atom. The van der Waals surface area contributed by atoms with Crippen molar-refractivity contribution in [2.24, 2.45) is 23.3 Å². The van der Waals surface area contributed by atoms with E-state index in [1.165, 1.54) is 32.2 Å². The maximum absolute atomic E-state index is 14.1. The first kappa shape index (κ1) is 49.0. The minimum atomic E-state index is -2.40. The highest BCUT2D eigenvalue weighted by Crippen LogP contribution is 2.52. The molecule has 0 aromatic heterocycles. The van der Waals surface area contributed by atoms with Crippen molar-refractivity contribution < 1.29 is 68.5 Å². The lowest BCUT2D eigenvalue weighted by Crippen LogP contribution is -2.60. The van der Waals surface area contributed by atoms with Crippen molar-refractivity contribution in [3.63, 3.8) is 0 Å². The lowest BCUT2D eigenvalue weighted by molar-refractivity contribution is -0.249. The largest absolute Gasteiger partial charge is 0.507 e. The van der Waals surface area contributed by atoms with Gasteiger partial charge in [-0.3, -0.25) is 28.8 Å². The summed E-state index contributed by atoms with van der Waals surface area (Å²) >= 11 is 0. The van der Waals surface area contributed by atoms with Gasteiger partial charge in [0.15, 0.2) is 17.9 Å². The Labute approximate surface area is 365 Å². The van der Waals surface area contributed by atoms with E-state index in [9.17, 15) is 54.3 Å². The molecule has 19 nitrogen and oxygen atoms in total. The van der Waals surface area contributed by atoms with Gasteiger partial charge in [0.25, 0.3) is 0 Å². The number of carbonyl (C=O) groups excluding carboxylic acids is 6. The van der Waals surface area contributed by atoms with Crippen LogP contribution in [0.15, 0.2) is 18.2 Å². The van der Waals surface area contributed by atoms with Gasteiger partial charge >= 0.3 is 0 Å². The zero-order valence-corrected chi connectivity index (χ0v) is 36.4. The number of aromatic hydroxyl groups is 2. The number of nitrogens with one attached hydrogen (secondary N) is 3. The van der Waals surface area contributed by atoms with Crippen LogP contribution in [0.2, 0.25) is 0 Å². The van der Waals surface area contributed by atoms with Crippen LogP contribution in [-0.2, 0) is 35.1 Å². The highest BCUT2D eigenvalue weighted by atomic mass is 16.7. The van der Waals surface area contributed by atoms with E-state index < -0.39 is 132 Å². The van der Waals surface area contributed by atoms with Crippen LogP contribution in [0.5, 0.6) is 17.2 Å². The maximum Gasteiger partial charge on any atom is 0.243 e. The number of benzene rings is 2. The molecule has 63 heavy (non-hydrogen) atoms.